The van der Waals surface area contributed by atoms with Crippen LogP contribution in [0.15, 0.2) is 0 Å². The molecule has 0 atom stereocenters. The van der Waals surface area contributed by atoms with Crippen LogP contribution in [0, 0.1) is 0 Å². The molecule has 0 aliphatic heterocycles. The Labute approximate surface area is 73.4 Å². The van der Waals surface area contributed by atoms with Gasteiger partial charge in [-0.25, -0.2) is 0 Å². The summed E-state index contributed by atoms with van der Waals surface area (Å²) in [6.07, 6.45) is 7.83. The maximum atomic E-state index is 5.38. The van der Waals surface area contributed by atoms with Crippen LogP contribution < -0.4 is 11.1 Å². The molecule has 0 aromatic rings. The van der Waals surface area contributed by atoms with Crippen molar-refractivity contribution in [2.24, 2.45) is 5.73 Å². The van der Waals surface area contributed by atoms with Crippen molar-refractivity contribution in [1.29, 1.82) is 0 Å². The van der Waals surface area contributed by atoms with Gasteiger partial charge in [0.15, 0.2) is 0 Å². The van der Waals surface area contributed by atoms with Crippen LogP contribution in [0.2, 0.25) is 0 Å². The maximum absolute atomic E-state index is 5.38. The zero-order chi connectivity index (χ0) is 8.36. The van der Waals surface area contributed by atoms with Gasteiger partial charge in [-0.05, 0) is 32.1 Å². The van der Waals surface area contributed by atoms with Crippen LogP contribution in [0.3, 0.4) is 0 Å². The Hall–Kier alpha value is 0.137. The van der Waals surface area contributed by atoms with E-state index in [0.29, 0.717) is 0 Å². The van der Waals surface area contributed by atoms with E-state index < -0.39 is 0 Å². The van der Waals surface area contributed by atoms with E-state index in [1.165, 1.54) is 55.1 Å². The molecule has 0 bridgehead atoms. The minimum absolute atomic E-state index is 0.860. The third-order valence-electron chi connectivity index (χ3n) is 1.81. The highest BCUT2D eigenvalue weighted by Crippen LogP contribution is 2.00. The number of hydrogen-bond donors (Lipinski definition) is 2. The monoisotopic (exact) mass is 174 g/mol. The molecule has 0 saturated carbocycles. The Morgan fingerprint density at radius 2 is 1.64 bits per heavy atom. The van der Waals surface area contributed by atoms with E-state index in [4.69, 9.17) is 5.73 Å². The Morgan fingerprint density at radius 3 is 2.27 bits per heavy atom. The Morgan fingerprint density at radius 1 is 1.00 bits per heavy atom. The highest BCUT2D eigenvalue weighted by molar-refractivity contribution is 6.08. The van der Waals surface area contributed by atoms with E-state index in [0.717, 1.165) is 6.54 Å². The predicted molar refractivity (Wildman–Crippen MR) is 54.9 cm³/mol. The highest BCUT2D eigenvalue weighted by Gasteiger charge is 1.88. The largest absolute Gasteiger partial charge is 0.330 e. The van der Waals surface area contributed by atoms with Crippen LogP contribution in [0.25, 0.3) is 0 Å². The van der Waals surface area contributed by atoms with Crippen molar-refractivity contribution in [3.8, 4) is 0 Å². The molecule has 0 fully saturated rings. The molecule has 0 radical (unpaired) electrons. The van der Waals surface area contributed by atoms with Gasteiger partial charge >= 0.3 is 0 Å². The molecule has 11 heavy (non-hydrogen) atoms. The number of rotatable bonds is 8. The molecule has 2 nitrogen and oxygen atoms in total. The smallest absolute Gasteiger partial charge is 0.0201 e. The van der Waals surface area contributed by atoms with E-state index in [2.05, 4.69) is 5.32 Å². The molecule has 68 valence electrons. The maximum Gasteiger partial charge on any atom is 0.0201 e. The van der Waals surface area contributed by atoms with Gasteiger partial charge in [-0.2, -0.15) is 0 Å². The molecule has 0 saturated heterocycles. The fourth-order valence-electron chi connectivity index (χ4n) is 1.10. The van der Waals surface area contributed by atoms with Gasteiger partial charge in [-0.3, -0.25) is 0 Å². The van der Waals surface area contributed by atoms with Gasteiger partial charge < -0.3 is 11.1 Å². The standard InChI is InChI=1S/C8H22N2Si/c9-6-4-2-1-3-5-7-10-8-11/h10H,1-9H2,11H3. The van der Waals surface area contributed by atoms with Gasteiger partial charge in [0.25, 0.3) is 0 Å². The van der Waals surface area contributed by atoms with E-state index >= 15 is 0 Å². The van der Waals surface area contributed by atoms with Gasteiger partial charge in [-0.1, -0.05) is 19.3 Å². The van der Waals surface area contributed by atoms with Crippen LogP contribution in [0.5, 0.6) is 0 Å². The average molecular weight is 174 g/mol. The highest BCUT2D eigenvalue weighted by atomic mass is 28.1. The zero-order valence-corrected chi connectivity index (χ0v) is 9.73. The summed E-state index contributed by atoms with van der Waals surface area (Å²) in [5, 5.41) is 3.38. The minimum atomic E-state index is 0.860. The number of hydrogen-bond acceptors (Lipinski definition) is 2. The second-order valence-corrected chi connectivity index (χ2v) is 3.62. The molecule has 0 rings (SSSR count). The van der Waals surface area contributed by atoms with Crippen LogP contribution >= 0.6 is 0 Å². The van der Waals surface area contributed by atoms with Crippen molar-refractivity contribution >= 4 is 10.2 Å². The fourth-order valence-corrected chi connectivity index (χ4v) is 1.45. The van der Waals surface area contributed by atoms with Gasteiger partial charge in [0.1, 0.15) is 0 Å². The lowest BCUT2D eigenvalue weighted by molar-refractivity contribution is 0.597. The third kappa shape index (κ3) is 10.1. The van der Waals surface area contributed by atoms with Crippen LogP contribution in [0.1, 0.15) is 32.1 Å². The van der Waals surface area contributed by atoms with Crippen molar-refractivity contribution in [2.75, 3.05) is 19.3 Å². The lowest BCUT2D eigenvalue weighted by atomic mass is 10.1. The van der Waals surface area contributed by atoms with Gasteiger partial charge in [-0.15, -0.1) is 0 Å². The van der Waals surface area contributed by atoms with E-state index in [1.807, 2.05) is 0 Å². The Balaban J connectivity index is 2.69. The van der Waals surface area contributed by atoms with Crippen LogP contribution in [0.4, 0.5) is 0 Å². The van der Waals surface area contributed by atoms with Crippen LogP contribution in [-0.2, 0) is 0 Å². The normalized spacial score (nSPS) is 10.6. The van der Waals surface area contributed by atoms with Gasteiger partial charge in [0.05, 0.1) is 0 Å². The van der Waals surface area contributed by atoms with E-state index in [1.54, 1.807) is 0 Å². The van der Waals surface area contributed by atoms with Crippen molar-refractivity contribution in [2.45, 2.75) is 32.1 Å². The molecule has 0 spiro atoms. The molecule has 0 unspecified atom stereocenters. The van der Waals surface area contributed by atoms with Crippen molar-refractivity contribution in [3.63, 3.8) is 0 Å². The molecule has 0 amide bonds. The molecule has 3 N–H and O–H groups in total. The first-order chi connectivity index (χ1) is 5.41. The fraction of sp³-hybridized carbons (Fsp3) is 1.00. The molecular formula is C8H22N2Si. The molecule has 3 heteroatoms. The molecule has 0 aliphatic carbocycles. The summed E-state index contributed by atoms with van der Waals surface area (Å²) in [7, 11) is 1.28. The first-order valence-electron chi connectivity index (χ1n) is 4.82. The van der Waals surface area contributed by atoms with Gasteiger partial charge in [0.2, 0.25) is 0 Å². The Bertz CT molecular complexity index is 61.1. The van der Waals surface area contributed by atoms with Crippen LogP contribution in [-0.4, -0.2) is 29.5 Å². The lowest BCUT2D eigenvalue weighted by Gasteiger charge is -2.00. The average Bonchev–Trinajstić information content (AvgIpc) is 2.03. The predicted octanol–water partition coefficient (Wildman–Crippen LogP) is -0.192. The second-order valence-electron chi connectivity index (χ2n) is 2.91. The third-order valence-corrected chi connectivity index (χ3v) is 2.31. The zero-order valence-electron chi connectivity index (χ0n) is 7.73. The quantitative estimate of drug-likeness (QED) is 0.395. The number of nitrogens with two attached hydrogens (primary N) is 1. The van der Waals surface area contributed by atoms with Crippen molar-refractivity contribution < 1.29 is 0 Å². The van der Waals surface area contributed by atoms with Gasteiger partial charge in [0, 0.05) is 10.2 Å². The molecule has 0 aromatic heterocycles. The molecule has 0 aromatic carbocycles. The summed E-state index contributed by atoms with van der Waals surface area (Å²) in [5.41, 5.74) is 5.38. The first-order valence-corrected chi connectivity index (χ1v) is 6.24. The summed E-state index contributed by atoms with van der Waals surface area (Å²) in [6.45, 7) is 2.07. The summed E-state index contributed by atoms with van der Waals surface area (Å²) in [4.78, 5) is 0. The number of nitrogens with one attached hydrogen (secondary N) is 1. The van der Waals surface area contributed by atoms with Crippen molar-refractivity contribution in [1.82, 2.24) is 5.32 Å². The van der Waals surface area contributed by atoms with Crippen molar-refractivity contribution in [3.05, 3.63) is 0 Å². The molecular weight excluding hydrogens is 152 g/mol. The topological polar surface area (TPSA) is 38.0 Å². The SMILES string of the molecule is NCCCCCCCNC[SiH3]. The van der Waals surface area contributed by atoms with E-state index in [-0.39, 0.29) is 0 Å². The second kappa shape index (κ2) is 10.1. The minimum Gasteiger partial charge on any atom is -0.330 e. The summed E-state index contributed by atoms with van der Waals surface area (Å²) >= 11 is 0. The van der Waals surface area contributed by atoms with E-state index in [9.17, 15) is 0 Å². The Kier molecular flexibility index (Phi) is 10.3. The lowest BCUT2D eigenvalue weighted by Crippen LogP contribution is -2.16. The first kappa shape index (κ1) is 11.1. The summed E-state index contributed by atoms with van der Waals surface area (Å²) < 4.78 is 0. The molecule has 0 aliphatic rings. The molecule has 0 heterocycles. The summed E-state index contributed by atoms with van der Waals surface area (Å²) in [5.74, 6) is 0. The summed E-state index contributed by atoms with van der Waals surface area (Å²) in [6, 6.07) is 0. The number of unbranched alkanes of at least 4 members (excludes halogenated alkanes) is 4.